The molecule has 2 amide bonds. The molecule has 1 saturated heterocycles. The number of hydrogen-bond acceptors (Lipinski definition) is 6. The number of aromatic nitrogens is 4. The summed E-state index contributed by atoms with van der Waals surface area (Å²) in [4.78, 5) is 27.2. The van der Waals surface area contributed by atoms with Gasteiger partial charge < -0.3 is 15.1 Å². The summed E-state index contributed by atoms with van der Waals surface area (Å²) in [7, 11) is 1.61. The normalized spacial score (nSPS) is 16.4. The van der Waals surface area contributed by atoms with E-state index in [0.717, 1.165) is 11.6 Å². The number of nitrogens with zero attached hydrogens (tertiary/aromatic N) is 6. The molecule has 0 unspecified atom stereocenters. The topological polar surface area (TPSA) is 93.3 Å². The third-order valence-corrected chi connectivity index (χ3v) is 6.71. The van der Waals surface area contributed by atoms with Crippen molar-refractivity contribution in [2.24, 2.45) is 0 Å². The first-order chi connectivity index (χ1) is 17.8. The fraction of sp³-hybridized carbons (Fsp3) is 0.280. The molecule has 190 valence electrons. The maximum absolute atomic E-state index is 14.3. The van der Waals surface area contributed by atoms with E-state index in [2.05, 4.69) is 20.5 Å². The molecule has 6 rings (SSSR count). The van der Waals surface area contributed by atoms with E-state index in [9.17, 15) is 18.0 Å². The second-order valence-corrected chi connectivity index (χ2v) is 9.09. The minimum atomic E-state index is -4.60. The van der Waals surface area contributed by atoms with Crippen LogP contribution in [-0.2, 0) is 12.7 Å². The molecule has 0 aliphatic carbocycles. The van der Waals surface area contributed by atoms with Gasteiger partial charge in [-0.05, 0) is 30.3 Å². The van der Waals surface area contributed by atoms with Crippen LogP contribution in [0, 0.1) is 0 Å². The van der Waals surface area contributed by atoms with Crippen molar-refractivity contribution in [3.8, 4) is 11.3 Å². The van der Waals surface area contributed by atoms with Crippen LogP contribution in [0.15, 0.2) is 48.9 Å². The third kappa shape index (κ3) is 4.02. The van der Waals surface area contributed by atoms with Crippen LogP contribution in [-0.4, -0.2) is 64.3 Å². The Kier molecular flexibility index (Phi) is 5.48. The number of amides is 2. The number of fused-ring (bicyclic) bond motifs is 3. The molecule has 0 spiro atoms. The predicted octanol–water partition coefficient (Wildman–Crippen LogP) is 4.15. The Morgan fingerprint density at radius 2 is 1.86 bits per heavy atom. The van der Waals surface area contributed by atoms with E-state index >= 15 is 0 Å². The number of H-pyrrole nitrogens is 1. The third-order valence-electron chi connectivity index (χ3n) is 6.71. The van der Waals surface area contributed by atoms with Crippen molar-refractivity contribution in [2.75, 3.05) is 43.0 Å². The average Bonchev–Trinajstić information content (AvgIpc) is 3.44. The second-order valence-electron chi connectivity index (χ2n) is 9.09. The Labute approximate surface area is 209 Å². The Morgan fingerprint density at radius 3 is 2.59 bits per heavy atom. The lowest BCUT2D eigenvalue weighted by Crippen LogP contribution is -2.44. The van der Waals surface area contributed by atoms with Crippen LogP contribution in [0.4, 0.5) is 35.0 Å². The summed E-state index contributed by atoms with van der Waals surface area (Å²) in [6.07, 6.45) is 0.361. The number of halogens is 3. The first kappa shape index (κ1) is 23.2. The zero-order valence-electron chi connectivity index (χ0n) is 19.9. The second kappa shape index (κ2) is 8.73. The molecule has 4 aromatic rings. The van der Waals surface area contributed by atoms with Gasteiger partial charge in [0.15, 0.2) is 0 Å². The highest BCUT2D eigenvalue weighted by atomic mass is 19.4. The van der Waals surface area contributed by atoms with Crippen molar-refractivity contribution in [1.29, 1.82) is 0 Å². The minimum absolute atomic E-state index is 0.107. The first-order valence-corrected chi connectivity index (χ1v) is 11.8. The molecule has 37 heavy (non-hydrogen) atoms. The van der Waals surface area contributed by atoms with Crippen LogP contribution in [0.2, 0.25) is 0 Å². The summed E-state index contributed by atoms with van der Waals surface area (Å²) in [6.45, 7) is 2.40. The number of benzene rings is 1. The largest absolute Gasteiger partial charge is 0.418 e. The van der Waals surface area contributed by atoms with E-state index in [1.165, 1.54) is 15.9 Å². The number of anilines is 3. The minimum Gasteiger partial charge on any atom is -0.368 e. The van der Waals surface area contributed by atoms with Gasteiger partial charge in [0.2, 0.25) is 0 Å². The smallest absolute Gasteiger partial charge is 0.368 e. The summed E-state index contributed by atoms with van der Waals surface area (Å²) in [5, 5.41) is 9.87. The first-order valence-electron chi connectivity index (χ1n) is 11.8. The highest BCUT2D eigenvalue weighted by Gasteiger charge is 2.38. The monoisotopic (exact) mass is 508 g/mol. The van der Waals surface area contributed by atoms with Crippen LogP contribution in [0.1, 0.15) is 11.1 Å². The molecule has 5 heterocycles. The van der Waals surface area contributed by atoms with Crippen molar-refractivity contribution in [3.63, 3.8) is 0 Å². The van der Waals surface area contributed by atoms with Gasteiger partial charge in [0.1, 0.15) is 5.52 Å². The van der Waals surface area contributed by atoms with Crippen molar-refractivity contribution in [3.05, 3.63) is 60.0 Å². The number of hydrogen-bond donors (Lipinski definition) is 2. The summed E-state index contributed by atoms with van der Waals surface area (Å²) in [5.74, 6) is 0. The van der Waals surface area contributed by atoms with Crippen LogP contribution >= 0.6 is 0 Å². The van der Waals surface area contributed by atoms with Crippen LogP contribution in [0.3, 0.4) is 0 Å². The van der Waals surface area contributed by atoms with E-state index in [1.54, 1.807) is 48.7 Å². The van der Waals surface area contributed by atoms with Crippen molar-refractivity contribution >= 4 is 34.1 Å². The zero-order valence-corrected chi connectivity index (χ0v) is 19.9. The number of urea groups is 1. The number of pyridine rings is 2. The molecule has 0 atom stereocenters. The average molecular weight is 509 g/mol. The lowest BCUT2D eigenvalue weighted by atomic mass is 10.0. The number of carbonyl (C=O) groups excluding carboxylic acids is 1. The van der Waals surface area contributed by atoms with Gasteiger partial charge in [0.05, 0.1) is 40.9 Å². The van der Waals surface area contributed by atoms with Gasteiger partial charge in [-0.15, -0.1) is 0 Å². The van der Waals surface area contributed by atoms with Gasteiger partial charge in [-0.1, -0.05) is 0 Å². The molecule has 3 aromatic heterocycles. The van der Waals surface area contributed by atoms with E-state index in [0.29, 0.717) is 54.2 Å². The van der Waals surface area contributed by atoms with Crippen molar-refractivity contribution in [2.45, 2.75) is 12.7 Å². The maximum atomic E-state index is 14.3. The van der Waals surface area contributed by atoms with Gasteiger partial charge in [-0.25, -0.2) is 9.78 Å². The molecule has 2 aliphatic rings. The molecule has 1 fully saturated rings. The lowest BCUT2D eigenvalue weighted by molar-refractivity contribution is -0.137. The highest BCUT2D eigenvalue weighted by molar-refractivity contribution is 6.08. The zero-order chi connectivity index (χ0) is 25.7. The van der Waals surface area contributed by atoms with Gasteiger partial charge in [0, 0.05) is 62.4 Å². The number of alkyl halides is 3. The van der Waals surface area contributed by atoms with Gasteiger partial charge in [0.25, 0.3) is 0 Å². The highest BCUT2D eigenvalue weighted by Crippen LogP contribution is 2.43. The van der Waals surface area contributed by atoms with Crippen molar-refractivity contribution < 1.29 is 18.0 Å². The molecular formula is C25H23F3N8O. The van der Waals surface area contributed by atoms with Gasteiger partial charge in [-0.2, -0.15) is 18.3 Å². The fourth-order valence-corrected chi connectivity index (χ4v) is 4.91. The number of rotatable bonds is 3. The number of piperazine rings is 1. The quantitative estimate of drug-likeness (QED) is 0.432. The molecule has 2 N–H and O–H groups in total. The number of nitrogens with one attached hydrogen (secondary N) is 2. The Bertz CT molecular complexity index is 1480. The SMILES string of the molecule is CN1Cc2cnc3ccc(-c4cn[nH]c4)nc3c2N(c2ccc(N3CCNCC3)c(C(F)(F)F)c2)C1=O. The van der Waals surface area contributed by atoms with E-state index < -0.39 is 17.8 Å². The number of aromatic amines is 1. The molecule has 1 aromatic carbocycles. The summed E-state index contributed by atoms with van der Waals surface area (Å²) in [5.41, 5.74) is 2.87. The standard InChI is InChI=1S/C25H23F3N8O/c1-34-14-16-11-30-20-4-3-19(15-12-31-32-13-15)33-22(20)23(16)36(24(34)37)17-2-5-21(18(10-17)25(26,27)28)35-8-6-29-7-9-35/h2-5,10-13,29H,6-9,14H2,1H3,(H,31,32). The fourth-order valence-electron chi connectivity index (χ4n) is 4.91. The van der Waals surface area contributed by atoms with E-state index in [-0.39, 0.29) is 17.9 Å². The van der Waals surface area contributed by atoms with Gasteiger partial charge in [-0.3, -0.25) is 15.0 Å². The van der Waals surface area contributed by atoms with E-state index in [4.69, 9.17) is 4.98 Å². The molecule has 0 radical (unpaired) electrons. The van der Waals surface area contributed by atoms with Gasteiger partial charge >= 0.3 is 12.2 Å². The van der Waals surface area contributed by atoms with E-state index in [1.807, 2.05) is 0 Å². The molecular weight excluding hydrogens is 485 g/mol. The summed E-state index contributed by atoms with van der Waals surface area (Å²) < 4.78 is 42.9. The predicted molar refractivity (Wildman–Crippen MR) is 133 cm³/mol. The molecule has 9 nitrogen and oxygen atoms in total. The summed E-state index contributed by atoms with van der Waals surface area (Å²) >= 11 is 0. The lowest BCUT2D eigenvalue weighted by Gasteiger charge is -2.36. The number of carbonyl (C=O) groups is 1. The Hall–Kier alpha value is -4.19. The molecule has 2 aliphatic heterocycles. The Balaban J connectivity index is 1.54. The maximum Gasteiger partial charge on any atom is 0.418 e. The van der Waals surface area contributed by atoms with Crippen LogP contribution in [0.25, 0.3) is 22.3 Å². The molecule has 0 saturated carbocycles. The summed E-state index contributed by atoms with van der Waals surface area (Å²) in [6, 6.07) is 7.21. The van der Waals surface area contributed by atoms with Crippen LogP contribution < -0.4 is 15.1 Å². The molecule has 12 heteroatoms. The Morgan fingerprint density at radius 1 is 1.05 bits per heavy atom. The molecule has 0 bridgehead atoms. The van der Waals surface area contributed by atoms with Crippen LogP contribution in [0.5, 0.6) is 0 Å². The van der Waals surface area contributed by atoms with Crippen molar-refractivity contribution in [1.82, 2.24) is 30.4 Å².